The molecule has 0 spiro atoms. The molecule has 0 bridgehead atoms. The number of thioether (sulfide) groups is 1. The summed E-state index contributed by atoms with van der Waals surface area (Å²) in [6.45, 7) is 5.87. The van der Waals surface area contributed by atoms with Gasteiger partial charge in [-0.3, -0.25) is 19.4 Å². The highest BCUT2D eigenvalue weighted by Crippen LogP contribution is 2.27. The van der Waals surface area contributed by atoms with Gasteiger partial charge in [0.1, 0.15) is 5.70 Å². The molecule has 0 fully saturated rings. The minimum atomic E-state index is -0.490. The Morgan fingerprint density at radius 3 is 2.33 bits per heavy atom. The predicted molar refractivity (Wildman–Crippen MR) is 161 cm³/mol. The average Bonchev–Trinajstić information content (AvgIpc) is 2.95. The Morgan fingerprint density at radius 1 is 0.825 bits per heavy atom. The number of anilines is 2. The minimum absolute atomic E-state index is 0.0704. The standard InChI is InChI=1S/C32H30N4O3S/c1-21-14-15-27(17-22(21)2)34-30(37)23(3)40-28-13-7-12-26(19-28)35-32(39)29(18-24-9-8-16-33-20-24)36-31(38)25-10-5-4-6-11-25/h4-20,23H,1-3H3,(H,34,37)(H,35,39)(H,36,38)/b29-18-. The summed E-state index contributed by atoms with van der Waals surface area (Å²) in [5.74, 6) is -1.01. The van der Waals surface area contributed by atoms with Crippen LogP contribution in [0.5, 0.6) is 0 Å². The van der Waals surface area contributed by atoms with E-state index in [0.29, 0.717) is 16.8 Å². The molecule has 40 heavy (non-hydrogen) atoms. The van der Waals surface area contributed by atoms with Crippen LogP contribution in [0.4, 0.5) is 11.4 Å². The highest BCUT2D eigenvalue weighted by Gasteiger charge is 2.17. The van der Waals surface area contributed by atoms with Crippen molar-refractivity contribution in [3.05, 3.63) is 125 Å². The molecule has 4 rings (SSSR count). The monoisotopic (exact) mass is 550 g/mol. The van der Waals surface area contributed by atoms with Gasteiger partial charge in [-0.15, -0.1) is 11.8 Å². The van der Waals surface area contributed by atoms with Gasteiger partial charge in [0, 0.05) is 34.2 Å². The van der Waals surface area contributed by atoms with E-state index in [1.54, 1.807) is 73.1 Å². The summed E-state index contributed by atoms with van der Waals surface area (Å²) in [6.07, 6.45) is 4.80. The van der Waals surface area contributed by atoms with E-state index in [4.69, 9.17) is 0 Å². The molecule has 1 atom stereocenters. The van der Waals surface area contributed by atoms with E-state index >= 15 is 0 Å². The van der Waals surface area contributed by atoms with Crippen molar-refractivity contribution < 1.29 is 14.4 Å². The van der Waals surface area contributed by atoms with Crippen LogP contribution in [0.3, 0.4) is 0 Å². The molecule has 0 aliphatic carbocycles. The van der Waals surface area contributed by atoms with Gasteiger partial charge in [-0.25, -0.2) is 0 Å². The summed E-state index contributed by atoms with van der Waals surface area (Å²) in [6, 6.07) is 25.3. The lowest BCUT2D eigenvalue weighted by molar-refractivity contribution is -0.115. The quantitative estimate of drug-likeness (QED) is 0.170. The number of hydrogen-bond donors (Lipinski definition) is 3. The second-order valence-electron chi connectivity index (χ2n) is 9.19. The van der Waals surface area contributed by atoms with Crippen molar-refractivity contribution in [1.29, 1.82) is 0 Å². The van der Waals surface area contributed by atoms with E-state index in [1.807, 2.05) is 51.1 Å². The largest absolute Gasteiger partial charge is 0.325 e. The minimum Gasteiger partial charge on any atom is -0.325 e. The van der Waals surface area contributed by atoms with Gasteiger partial charge in [0.05, 0.1) is 5.25 Å². The molecule has 1 unspecified atom stereocenters. The first-order chi connectivity index (χ1) is 19.3. The fourth-order valence-electron chi connectivity index (χ4n) is 3.74. The summed E-state index contributed by atoms with van der Waals surface area (Å²) >= 11 is 1.38. The zero-order chi connectivity index (χ0) is 28.5. The smallest absolute Gasteiger partial charge is 0.272 e. The molecule has 3 N–H and O–H groups in total. The number of pyridine rings is 1. The van der Waals surface area contributed by atoms with Crippen LogP contribution in [0.25, 0.3) is 6.08 Å². The fraction of sp³-hybridized carbons (Fsp3) is 0.125. The molecule has 0 radical (unpaired) electrons. The predicted octanol–water partition coefficient (Wildman–Crippen LogP) is 6.23. The normalized spacial score (nSPS) is 11.8. The number of rotatable bonds is 9. The average molecular weight is 551 g/mol. The molecule has 1 aromatic heterocycles. The molecule has 0 saturated heterocycles. The van der Waals surface area contributed by atoms with Gasteiger partial charge >= 0.3 is 0 Å². The number of benzene rings is 3. The Hall–Kier alpha value is -4.69. The fourth-order valence-corrected chi connectivity index (χ4v) is 4.66. The van der Waals surface area contributed by atoms with E-state index in [0.717, 1.165) is 21.7 Å². The number of nitrogens with zero attached hydrogens (tertiary/aromatic N) is 1. The lowest BCUT2D eigenvalue weighted by Gasteiger charge is -2.14. The molecule has 3 amide bonds. The van der Waals surface area contributed by atoms with Gasteiger partial charge in [-0.2, -0.15) is 0 Å². The maximum Gasteiger partial charge on any atom is 0.272 e. The summed E-state index contributed by atoms with van der Waals surface area (Å²) in [5.41, 5.74) is 4.72. The summed E-state index contributed by atoms with van der Waals surface area (Å²) in [7, 11) is 0. The topological polar surface area (TPSA) is 100 Å². The second kappa shape index (κ2) is 13.4. The van der Waals surface area contributed by atoms with Crippen LogP contribution in [0, 0.1) is 13.8 Å². The van der Waals surface area contributed by atoms with E-state index in [1.165, 1.54) is 11.8 Å². The first kappa shape index (κ1) is 28.3. The zero-order valence-electron chi connectivity index (χ0n) is 22.5. The van der Waals surface area contributed by atoms with Crippen LogP contribution in [-0.2, 0) is 9.59 Å². The van der Waals surface area contributed by atoms with Crippen molar-refractivity contribution in [2.24, 2.45) is 0 Å². The van der Waals surface area contributed by atoms with E-state index in [2.05, 4.69) is 20.9 Å². The molecule has 0 saturated carbocycles. The third-order valence-corrected chi connectivity index (χ3v) is 7.17. The number of carbonyl (C=O) groups is 3. The van der Waals surface area contributed by atoms with Crippen molar-refractivity contribution in [2.45, 2.75) is 30.9 Å². The third kappa shape index (κ3) is 7.91. The molecule has 202 valence electrons. The summed E-state index contributed by atoms with van der Waals surface area (Å²) < 4.78 is 0. The van der Waals surface area contributed by atoms with E-state index < -0.39 is 11.8 Å². The van der Waals surface area contributed by atoms with Crippen molar-refractivity contribution >= 4 is 46.9 Å². The maximum atomic E-state index is 13.3. The van der Waals surface area contributed by atoms with Gasteiger partial charge in [0.15, 0.2) is 0 Å². The highest BCUT2D eigenvalue weighted by molar-refractivity contribution is 8.00. The molecule has 7 nitrogen and oxygen atoms in total. The van der Waals surface area contributed by atoms with Crippen molar-refractivity contribution in [3.63, 3.8) is 0 Å². The Morgan fingerprint density at radius 2 is 1.60 bits per heavy atom. The van der Waals surface area contributed by atoms with E-state index in [-0.39, 0.29) is 16.9 Å². The number of aryl methyl sites for hydroxylation is 2. The van der Waals surface area contributed by atoms with Gasteiger partial charge in [0.25, 0.3) is 11.8 Å². The van der Waals surface area contributed by atoms with Gasteiger partial charge in [-0.1, -0.05) is 36.4 Å². The molecular weight excluding hydrogens is 520 g/mol. The van der Waals surface area contributed by atoms with Gasteiger partial charge in [-0.05, 0) is 92.1 Å². The molecule has 3 aromatic carbocycles. The summed E-state index contributed by atoms with van der Waals surface area (Å²) in [5, 5.41) is 8.16. The van der Waals surface area contributed by atoms with Crippen LogP contribution in [0.1, 0.15) is 34.0 Å². The lowest BCUT2D eigenvalue weighted by Crippen LogP contribution is -2.30. The zero-order valence-corrected chi connectivity index (χ0v) is 23.3. The Balaban J connectivity index is 1.45. The molecular formula is C32H30N4O3S. The number of carbonyl (C=O) groups excluding carboxylic acids is 3. The van der Waals surface area contributed by atoms with Crippen LogP contribution < -0.4 is 16.0 Å². The van der Waals surface area contributed by atoms with Crippen molar-refractivity contribution in [1.82, 2.24) is 10.3 Å². The number of amides is 3. The Kier molecular flexibility index (Phi) is 9.48. The Bertz CT molecular complexity index is 1540. The van der Waals surface area contributed by atoms with Gasteiger partial charge in [0.2, 0.25) is 5.91 Å². The molecule has 0 aliphatic heterocycles. The van der Waals surface area contributed by atoms with E-state index in [9.17, 15) is 14.4 Å². The lowest BCUT2D eigenvalue weighted by atomic mass is 10.1. The van der Waals surface area contributed by atoms with Crippen molar-refractivity contribution in [2.75, 3.05) is 10.6 Å². The van der Waals surface area contributed by atoms with Crippen LogP contribution in [0.2, 0.25) is 0 Å². The van der Waals surface area contributed by atoms with Crippen LogP contribution in [0.15, 0.2) is 108 Å². The highest BCUT2D eigenvalue weighted by atomic mass is 32.2. The van der Waals surface area contributed by atoms with Crippen LogP contribution >= 0.6 is 11.8 Å². The maximum absolute atomic E-state index is 13.3. The number of nitrogens with one attached hydrogen (secondary N) is 3. The second-order valence-corrected chi connectivity index (χ2v) is 10.6. The van der Waals surface area contributed by atoms with Crippen LogP contribution in [-0.4, -0.2) is 28.0 Å². The molecule has 8 heteroatoms. The molecule has 4 aromatic rings. The van der Waals surface area contributed by atoms with Crippen molar-refractivity contribution in [3.8, 4) is 0 Å². The molecule has 0 aliphatic rings. The number of aromatic nitrogens is 1. The van der Waals surface area contributed by atoms with Gasteiger partial charge < -0.3 is 16.0 Å². The third-order valence-electron chi connectivity index (χ3n) is 6.07. The SMILES string of the molecule is Cc1ccc(NC(=O)C(C)Sc2cccc(NC(=O)/C(=C/c3cccnc3)NC(=O)c3ccccc3)c2)cc1C. The first-order valence-electron chi connectivity index (χ1n) is 12.7. The number of hydrogen-bond acceptors (Lipinski definition) is 5. The first-order valence-corrected chi connectivity index (χ1v) is 13.6. The Labute approximate surface area is 238 Å². The molecule has 1 heterocycles. The summed E-state index contributed by atoms with van der Waals surface area (Å²) in [4.78, 5) is 43.8.